The zero-order chi connectivity index (χ0) is 20.1. The van der Waals surface area contributed by atoms with Crippen molar-refractivity contribution < 1.29 is 24.2 Å². The first-order valence-corrected chi connectivity index (χ1v) is 9.73. The van der Waals surface area contributed by atoms with E-state index in [0.29, 0.717) is 10.6 Å². The van der Waals surface area contributed by atoms with Crippen LogP contribution in [0.15, 0.2) is 18.2 Å². The number of halogens is 2. The first-order valence-electron chi connectivity index (χ1n) is 8.09. The van der Waals surface area contributed by atoms with Gasteiger partial charge >= 0.3 is 5.97 Å². The Kier molecular flexibility index (Phi) is 7.95. The number of nitrogens with one attached hydrogen (secondary N) is 1. The summed E-state index contributed by atoms with van der Waals surface area (Å²) < 4.78 is 4.61. The Balaban J connectivity index is 0.00000280. The Hall–Kier alpha value is 0.156. The molecule has 2 heterocycles. The van der Waals surface area contributed by atoms with Crippen molar-refractivity contribution in [3.8, 4) is 0 Å². The van der Waals surface area contributed by atoms with Gasteiger partial charge in [0.05, 0.1) is 10.0 Å². The smallest absolute Gasteiger partial charge is 0.327 e. The zero-order valence-corrected chi connectivity index (χ0v) is 21.2. The van der Waals surface area contributed by atoms with E-state index in [9.17, 15) is 19.5 Å². The fourth-order valence-corrected chi connectivity index (χ4v) is 5.38. The summed E-state index contributed by atoms with van der Waals surface area (Å²) in [7, 11) is 1.37. The fourth-order valence-electron chi connectivity index (χ4n) is 3.44. The summed E-state index contributed by atoms with van der Waals surface area (Å²) in [6, 6.07) is 2.97. The molecule has 28 heavy (non-hydrogen) atoms. The minimum atomic E-state index is -1.06. The zero-order valence-electron chi connectivity index (χ0n) is 15.7. The molecule has 3 rings (SSSR count). The van der Waals surface area contributed by atoms with Gasteiger partial charge in [-0.15, -0.1) is 11.8 Å². The van der Waals surface area contributed by atoms with Crippen LogP contribution in [0.1, 0.15) is 25.5 Å². The Morgan fingerprint density at radius 1 is 1.32 bits per heavy atom. The van der Waals surface area contributed by atoms with Crippen molar-refractivity contribution in [3.63, 3.8) is 0 Å². The molecule has 1 aromatic rings. The number of rotatable bonds is 5. The van der Waals surface area contributed by atoms with E-state index in [1.165, 1.54) is 29.8 Å². The van der Waals surface area contributed by atoms with E-state index in [1.807, 2.05) is 0 Å². The molecule has 2 aliphatic heterocycles. The molecule has 1 radical (unpaired) electrons. The number of benzene rings is 1. The SMILES string of the molecule is COC(C(=O)N[C@@H]1C(=O)N2[C@@H]1SC(C)(C)[C@@H]2C(=O)O)c1ccc(Cl)c(Cl)c1.[K]. The average molecular weight is 472 g/mol. The largest absolute Gasteiger partial charge is 0.480 e. The van der Waals surface area contributed by atoms with Crippen LogP contribution in [-0.4, -0.2) is 108 Å². The number of amides is 2. The second-order valence-electron chi connectivity index (χ2n) is 6.87. The van der Waals surface area contributed by atoms with E-state index in [2.05, 4.69) is 5.32 Å². The topological polar surface area (TPSA) is 95.9 Å². The van der Waals surface area contributed by atoms with Crippen molar-refractivity contribution in [3.05, 3.63) is 33.8 Å². The summed E-state index contributed by atoms with van der Waals surface area (Å²) in [6.45, 7) is 3.54. The summed E-state index contributed by atoms with van der Waals surface area (Å²) in [6.07, 6.45) is -0.976. The minimum absolute atomic E-state index is 0. The van der Waals surface area contributed by atoms with Crippen molar-refractivity contribution in [1.29, 1.82) is 0 Å². The maximum atomic E-state index is 12.7. The number of methoxy groups -OCH3 is 1. The number of carbonyl (C=O) groups excluding carboxylic acids is 2. The Morgan fingerprint density at radius 2 is 1.96 bits per heavy atom. The van der Waals surface area contributed by atoms with Crippen LogP contribution < -0.4 is 5.32 Å². The number of ether oxygens (including phenoxy) is 1. The normalized spacial score (nSPS) is 26.0. The first-order chi connectivity index (χ1) is 12.6. The van der Waals surface area contributed by atoms with Crippen molar-refractivity contribution in [2.45, 2.75) is 42.2 Å². The van der Waals surface area contributed by atoms with Gasteiger partial charge in [0.2, 0.25) is 5.91 Å². The summed E-state index contributed by atoms with van der Waals surface area (Å²) in [5, 5.41) is 12.3. The Morgan fingerprint density at radius 3 is 2.50 bits per heavy atom. The van der Waals surface area contributed by atoms with Crippen LogP contribution in [0.25, 0.3) is 0 Å². The quantitative estimate of drug-likeness (QED) is 0.503. The average Bonchev–Trinajstić information content (AvgIpc) is 2.84. The molecular weight excluding hydrogens is 454 g/mol. The van der Waals surface area contributed by atoms with Crippen molar-refractivity contribution in [1.82, 2.24) is 10.2 Å². The molecule has 2 saturated heterocycles. The molecule has 0 aliphatic carbocycles. The summed E-state index contributed by atoms with van der Waals surface area (Å²) in [5.74, 6) is -1.98. The van der Waals surface area contributed by atoms with Gasteiger partial charge < -0.3 is 20.1 Å². The van der Waals surface area contributed by atoms with Gasteiger partial charge in [-0.25, -0.2) is 4.79 Å². The van der Waals surface area contributed by atoms with Gasteiger partial charge in [-0.2, -0.15) is 0 Å². The molecule has 1 unspecified atom stereocenters. The molecule has 7 nitrogen and oxygen atoms in total. The molecule has 2 amide bonds. The van der Waals surface area contributed by atoms with E-state index in [4.69, 9.17) is 27.9 Å². The number of fused-ring (bicyclic) bond motifs is 1. The molecule has 4 atom stereocenters. The molecule has 0 aromatic heterocycles. The van der Waals surface area contributed by atoms with Gasteiger partial charge in [0.25, 0.3) is 5.91 Å². The van der Waals surface area contributed by atoms with Crippen molar-refractivity contribution in [2.75, 3.05) is 7.11 Å². The van der Waals surface area contributed by atoms with Gasteiger partial charge in [0, 0.05) is 63.2 Å². The van der Waals surface area contributed by atoms with E-state index < -0.39 is 46.1 Å². The van der Waals surface area contributed by atoms with Gasteiger partial charge in [0.1, 0.15) is 17.5 Å². The monoisotopic (exact) mass is 471 g/mol. The molecule has 0 spiro atoms. The molecule has 1 aromatic carbocycles. The number of hydrogen-bond acceptors (Lipinski definition) is 5. The number of β-lactam (4-membered cyclic amide) rings is 1. The van der Waals surface area contributed by atoms with Crippen LogP contribution >= 0.6 is 35.0 Å². The predicted molar refractivity (Wildman–Crippen MR) is 108 cm³/mol. The van der Waals surface area contributed by atoms with Gasteiger partial charge in [0.15, 0.2) is 6.10 Å². The van der Waals surface area contributed by atoms with E-state index >= 15 is 0 Å². The van der Waals surface area contributed by atoms with Gasteiger partial charge in [-0.05, 0) is 31.5 Å². The fraction of sp³-hybridized carbons (Fsp3) is 0.471. The molecule has 11 heteroatoms. The molecule has 147 valence electrons. The summed E-state index contributed by atoms with van der Waals surface area (Å²) >= 11 is 13.3. The van der Waals surface area contributed by atoms with Crippen LogP contribution in [0, 0.1) is 0 Å². The molecule has 2 aliphatic rings. The summed E-state index contributed by atoms with van der Waals surface area (Å²) in [4.78, 5) is 38.0. The number of thioether (sulfide) groups is 1. The molecule has 0 saturated carbocycles. The van der Waals surface area contributed by atoms with Crippen LogP contribution in [0.3, 0.4) is 0 Å². The second kappa shape index (κ2) is 9.11. The third-order valence-corrected chi connectivity index (χ3v) is 7.00. The second-order valence-corrected chi connectivity index (χ2v) is 9.46. The van der Waals surface area contributed by atoms with Crippen molar-refractivity contribution >= 4 is 104 Å². The third kappa shape index (κ3) is 4.28. The maximum Gasteiger partial charge on any atom is 0.327 e. The number of carboxylic acid groups (broad SMARTS) is 1. The maximum absolute atomic E-state index is 12.7. The Labute approximate surface area is 219 Å². The van der Waals surface area contributed by atoms with Crippen LogP contribution in [0.2, 0.25) is 10.0 Å². The molecule has 2 fully saturated rings. The summed E-state index contributed by atoms with van der Waals surface area (Å²) in [5.41, 5.74) is 0.496. The molecule has 0 bridgehead atoms. The standard InChI is InChI=1S/C17H18Cl2N2O5S.K/c1-17(2)12(16(24)25)21-14(23)10(15(21)27-17)20-13(22)11(26-3)7-4-5-8(18)9(19)6-7;/h4-6,10-12,15H,1-3H3,(H,20,22)(H,24,25);/t10-,11?,12+,15-;/m1./s1. The number of hydrogen-bond donors (Lipinski definition) is 2. The number of carbonyl (C=O) groups is 3. The van der Waals surface area contributed by atoms with E-state index in [1.54, 1.807) is 26.0 Å². The van der Waals surface area contributed by atoms with Gasteiger partial charge in [-0.3, -0.25) is 9.59 Å². The van der Waals surface area contributed by atoms with Crippen LogP contribution in [0.5, 0.6) is 0 Å². The van der Waals surface area contributed by atoms with E-state index in [0.717, 1.165) is 0 Å². The first kappa shape index (κ1) is 24.4. The molecule has 2 N–H and O–H groups in total. The van der Waals surface area contributed by atoms with Crippen LogP contribution in [0.4, 0.5) is 0 Å². The number of nitrogens with zero attached hydrogens (tertiary/aromatic N) is 1. The minimum Gasteiger partial charge on any atom is -0.480 e. The Bertz CT molecular complexity index is 825. The predicted octanol–water partition coefficient (Wildman–Crippen LogP) is 1.93. The van der Waals surface area contributed by atoms with Gasteiger partial charge in [-0.1, -0.05) is 29.3 Å². The molecular formula is C17H18Cl2KN2O5S. The van der Waals surface area contributed by atoms with Crippen LogP contribution in [-0.2, 0) is 19.1 Å². The third-order valence-electron chi connectivity index (χ3n) is 4.69. The van der Waals surface area contributed by atoms with Crippen molar-refractivity contribution in [2.24, 2.45) is 0 Å². The van der Waals surface area contributed by atoms with E-state index in [-0.39, 0.29) is 56.4 Å². The number of aliphatic carboxylic acids is 1. The number of carboxylic acids is 1.